The maximum absolute atomic E-state index is 13.0. The summed E-state index contributed by atoms with van der Waals surface area (Å²) in [6.45, 7) is 0.341. The largest absolute Gasteiger partial charge is 0.396 e. The van der Waals surface area contributed by atoms with Crippen LogP contribution in [0, 0.1) is 5.92 Å². The van der Waals surface area contributed by atoms with Crippen molar-refractivity contribution in [1.29, 1.82) is 0 Å². The second kappa shape index (κ2) is 8.98. The summed E-state index contributed by atoms with van der Waals surface area (Å²) in [5, 5.41) is 13.6. The van der Waals surface area contributed by atoms with E-state index in [-0.39, 0.29) is 37.3 Å². The van der Waals surface area contributed by atoms with Crippen molar-refractivity contribution < 1.29 is 18.0 Å². The highest BCUT2D eigenvalue weighted by molar-refractivity contribution is 6.00. The molecule has 12 heteroatoms. The molecule has 3 rings (SSSR count). The second-order valence-corrected chi connectivity index (χ2v) is 7.83. The van der Waals surface area contributed by atoms with Crippen LogP contribution in [0.25, 0.3) is 0 Å². The molecule has 2 heterocycles. The molecular weight excluding hydrogens is 413 g/mol. The number of hydrogen-bond donors (Lipinski definition) is 3. The van der Waals surface area contributed by atoms with E-state index in [0.717, 1.165) is 0 Å². The average molecular weight is 440 g/mol. The van der Waals surface area contributed by atoms with Crippen molar-refractivity contribution in [1.82, 2.24) is 25.1 Å². The van der Waals surface area contributed by atoms with E-state index in [4.69, 9.17) is 5.73 Å². The molecule has 0 bridgehead atoms. The van der Waals surface area contributed by atoms with E-state index in [9.17, 15) is 18.0 Å². The van der Waals surface area contributed by atoms with Gasteiger partial charge in [0.05, 0.1) is 23.7 Å². The van der Waals surface area contributed by atoms with Crippen LogP contribution in [0.4, 0.5) is 30.5 Å². The van der Waals surface area contributed by atoms with Crippen LogP contribution in [0.2, 0.25) is 0 Å². The molecule has 0 radical (unpaired) electrons. The topological polar surface area (TPSA) is 114 Å². The van der Waals surface area contributed by atoms with Crippen molar-refractivity contribution in [2.45, 2.75) is 44.4 Å². The number of carbonyl (C=O) groups is 1. The predicted octanol–water partition coefficient (Wildman–Crippen LogP) is 2.32. The van der Waals surface area contributed by atoms with Crippen molar-refractivity contribution in [3.8, 4) is 0 Å². The fourth-order valence-electron chi connectivity index (χ4n) is 3.74. The third-order valence-electron chi connectivity index (χ3n) is 5.58. The quantitative estimate of drug-likeness (QED) is 0.632. The van der Waals surface area contributed by atoms with Crippen LogP contribution in [0.3, 0.4) is 0 Å². The molecule has 1 aliphatic rings. The first-order valence-corrected chi connectivity index (χ1v) is 10.00. The Labute approximate surface area is 178 Å². The van der Waals surface area contributed by atoms with E-state index in [2.05, 4.69) is 25.8 Å². The van der Waals surface area contributed by atoms with Crippen molar-refractivity contribution in [2.24, 2.45) is 13.0 Å². The number of rotatable bonds is 6. The minimum absolute atomic E-state index is 0.00640. The number of nitrogens with zero attached hydrogens (tertiary/aromatic N) is 5. The normalized spacial score (nSPS) is 19.2. The van der Waals surface area contributed by atoms with E-state index in [1.165, 1.54) is 6.07 Å². The van der Waals surface area contributed by atoms with E-state index in [0.29, 0.717) is 29.7 Å². The lowest BCUT2D eigenvalue weighted by molar-refractivity contribution is -0.182. The molecule has 0 spiro atoms. The number of anilines is 3. The Morgan fingerprint density at radius 2 is 2.00 bits per heavy atom. The minimum atomic E-state index is -4.19. The van der Waals surface area contributed by atoms with Crippen molar-refractivity contribution >= 4 is 23.2 Å². The molecule has 0 aliphatic heterocycles. The van der Waals surface area contributed by atoms with Gasteiger partial charge in [0.15, 0.2) is 11.6 Å². The summed E-state index contributed by atoms with van der Waals surface area (Å²) in [6.07, 6.45) is -2.05. The third-order valence-corrected chi connectivity index (χ3v) is 5.58. The molecule has 1 aliphatic carbocycles. The molecule has 170 valence electrons. The zero-order chi connectivity index (χ0) is 22.8. The molecule has 0 saturated heterocycles. The summed E-state index contributed by atoms with van der Waals surface area (Å²) >= 11 is 0. The van der Waals surface area contributed by atoms with Gasteiger partial charge in [-0.2, -0.15) is 13.2 Å². The Kier molecular flexibility index (Phi) is 6.56. The van der Waals surface area contributed by atoms with Crippen LogP contribution in [-0.4, -0.2) is 52.0 Å². The molecule has 0 aromatic carbocycles. The van der Waals surface area contributed by atoms with E-state index < -0.39 is 18.0 Å². The first kappa shape index (κ1) is 22.6. The Hall–Kier alpha value is -3.05. The van der Waals surface area contributed by atoms with Crippen LogP contribution in [0.5, 0.6) is 0 Å². The maximum Gasteiger partial charge on any atom is 0.391 e. The van der Waals surface area contributed by atoms with Gasteiger partial charge in [0, 0.05) is 27.2 Å². The Balaban J connectivity index is 1.78. The zero-order valence-corrected chi connectivity index (χ0v) is 17.7. The van der Waals surface area contributed by atoms with Crippen LogP contribution >= 0.6 is 0 Å². The summed E-state index contributed by atoms with van der Waals surface area (Å²) in [5.74, 6) is -0.257. The lowest BCUT2D eigenvalue weighted by Crippen LogP contribution is -2.40. The Bertz CT molecular complexity index is 921. The molecule has 31 heavy (non-hydrogen) atoms. The number of nitrogen functional groups attached to an aromatic ring is 1. The van der Waals surface area contributed by atoms with Gasteiger partial charge in [0.2, 0.25) is 0 Å². The molecule has 1 amide bonds. The zero-order valence-electron chi connectivity index (χ0n) is 17.7. The predicted molar refractivity (Wildman–Crippen MR) is 111 cm³/mol. The maximum atomic E-state index is 13.0. The first-order chi connectivity index (χ1) is 14.6. The van der Waals surface area contributed by atoms with Crippen LogP contribution in [0.1, 0.15) is 41.9 Å². The number of nitrogens with one attached hydrogen (secondary N) is 2. The number of amides is 1. The molecule has 4 N–H and O–H groups in total. The van der Waals surface area contributed by atoms with Gasteiger partial charge in [-0.1, -0.05) is 0 Å². The average Bonchev–Trinajstić information content (AvgIpc) is 3.11. The van der Waals surface area contributed by atoms with Crippen LogP contribution in [0.15, 0.2) is 12.4 Å². The first-order valence-electron chi connectivity index (χ1n) is 10.00. The number of aromatic nitrogens is 4. The van der Waals surface area contributed by atoms with Crippen molar-refractivity contribution in [2.75, 3.05) is 30.0 Å². The highest BCUT2D eigenvalue weighted by Gasteiger charge is 2.41. The van der Waals surface area contributed by atoms with Gasteiger partial charge >= 0.3 is 6.18 Å². The summed E-state index contributed by atoms with van der Waals surface area (Å²) in [6, 6.07) is 1.20. The van der Waals surface area contributed by atoms with Gasteiger partial charge in [-0.25, -0.2) is 4.98 Å². The Morgan fingerprint density at radius 3 is 2.55 bits per heavy atom. The standard InChI is InChI=1S/C19H27F3N8O/c1-24-16-14(23)8-13(17(27-16)29(2)9-15-28-25-10-30(15)3)18(31)26-12-6-4-11(5-7-12)19(20,21)22/h8,10-12H,4-7,9,23H2,1-3H3,(H,24,27)(H,26,31). The molecule has 1 saturated carbocycles. The smallest absolute Gasteiger partial charge is 0.391 e. The summed E-state index contributed by atoms with van der Waals surface area (Å²) in [7, 11) is 5.24. The summed E-state index contributed by atoms with van der Waals surface area (Å²) < 4.78 is 40.5. The van der Waals surface area contributed by atoms with Crippen LogP contribution < -0.4 is 21.3 Å². The molecule has 1 fully saturated rings. The van der Waals surface area contributed by atoms with Gasteiger partial charge in [0.1, 0.15) is 12.1 Å². The number of alkyl halides is 3. The lowest BCUT2D eigenvalue weighted by atomic mass is 9.85. The molecule has 0 atom stereocenters. The number of carbonyl (C=O) groups excluding carboxylic acids is 1. The Morgan fingerprint density at radius 1 is 1.32 bits per heavy atom. The van der Waals surface area contributed by atoms with Gasteiger partial charge in [-0.05, 0) is 31.7 Å². The molecule has 2 aromatic heterocycles. The number of hydrogen-bond acceptors (Lipinski definition) is 7. The summed E-state index contributed by atoms with van der Waals surface area (Å²) in [4.78, 5) is 19.3. The number of halogens is 3. The van der Waals surface area contributed by atoms with Crippen molar-refractivity contribution in [3.05, 3.63) is 23.8 Å². The number of pyridine rings is 1. The summed E-state index contributed by atoms with van der Waals surface area (Å²) in [5.41, 5.74) is 6.57. The van der Waals surface area contributed by atoms with E-state index in [1.54, 1.807) is 29.9 Å². The molecule has 0 unspecified atom stereocenters. The molecule has 9 nitrogen and oxygen atoms in total. The fourth-order valence-corrected chi connectivity index (χ4v) is 3.74. The molecular formula is C19H27F3N8O. The third kappa shape index (κ3) is 5.17. The minimum Gasteiger partial charge on any atom is -0.396 e. The number of aryl methyl sites for hydroxylation is 1. The van der Waals surface area contributed by atoms with Crippen molar-refractivity contribution in [3.63, 3.8) is 0 Å². The highest BCUT2D eigenvalue weighted by atomic mass is 19.4. The van der Waals surface area contributed by atoms with Crippen LogP contribution in [-0.2, 0) is 13.6 Å². The lowest BCUT2D eigenvalue weighted by Gasteiger charge is -2.30. The van der Waals surface area contributed by atoms with Gasteiger partial charge in [-0.3, -0.25) is 4.79 Å². The number of nitrogens with two attached hydrogens (primary N) is 1. The van der Waals surface area contributed by atoms with Gasteiger partial charge < -0.3 is 25.8 Å². The SMILES string of the molecule is CNc1nc(N(C)Cc2nncn2C)c(C(=O)NC2CCC(C(F)(F)F)CC2)cc1N. The highest BCUT2D eigenvalue weighted by Crippen LogP contribution is 2.37. The fraction of sp³-hybridized carbons (Fsp3) is 0.579. The van der Waals surface area contributed by atoms with E-state index >= 15 is 0 Å². The van der Waals surface area contributed by atoms with E-state index in [1.807, 2.05) is 7.05 Å². The molecule has 2 aromatic rings. The van der Waals surface area contributed by atoms with Gasteiger partial charge in [0.25, 0.3) is 5.91 Å². The monoisotopic (exact) mass is 440 g/mol. The van der Waals surface area contributed by atoms with Gasteiger partial charge in [-0.15, -0.1) is 10.2 Å². The second-order valence-electron chi connectivity index (χ2n) is 7.83.